The van der Waals surface area contributed by atoms with Crippen molar-refractivity contribution >= 4 is 11.5 Å². The first-order valence-corrected chi connectivity index (χ1v) is 7.50. The number of rotatable bonds is 2. The summed E-state index contributed by atoms with van der Waals surface area (Å²) in [6.07, 6.45) is 5.21. The van der Waals surface area contributed by atoms with Crippen LogP contribution in [0.2, 0.25) is 0 Å². The number of anilines is 1. The number of nitrogens with zero attached hydrogens (tertiary/aromatic N) is 1. The Morgan fingerprint density at radius 1 is 1.35 bits per heavy atom. The van der Waals surface area contributed by atoms with Crippen LogP contribution < -0.4 is 10.6 Å². The van der Waals surface area contributed by atoms with E-state index >= 15 is 0 Å². The highest BCUT2D eigenvalue weighted by Gasteiger charge is 2.35. The van der Waals surface area contributed by atoms with E-state index in [4.69, 9.17) is 15.9 Å². The molecule has 0 spiro atoms. The summed E-state index contributed by atoms with van der Waals surface area (Å²) in [5.74, 6) is 0.155. The number of nitrogen functional groups attached to an aromatic ring is 1. The molecule has 2 aliphatic rings. The minimum absolute atomic E-state index is 0.155. The summed E-state index contributed by atoms with van der Waals surface area (Å²) >= 11 is 0. The number of fused-ring (bicyclic) bond motifs is 1. The van der Waals surface area contributed by atoms with Crippen molar-refractivity contribution in [3.05, 3.63) is 29.3 Å². The van der Waals surface area contributed by atoms with Crippen LogP contribution in [0.4, 0.5) is 5.69 Å². The highest BCUT2D eigenvalue weighted by molar-refractivity contribution is 6.00. The molecule has 2 unspecified atom stereocenters. The summed E-state index contributed by atoms with van der Waals surface area (Å²) in [6, 6.07) is 6.68. The Bertz CT molecular complexity index is 512. The van der Waals surface area contributed by atoms with Gasteiger partial charge in [-0.25, -0.2) is 0 Å². The van der Waals surface area contributed by atoms with Crippen molar-refractivity contribution < 1.29 is 4.74 Å². The second-order valence-corrected chi connectivity index (χ2v) is 5.89. The average molecular weight is 273 g/mol. The van der Waals surface area contributed by atoms with E-state index in [1.807, 2.05) is 13.0 Å². The predicted molar refractivity (Wildman–Crippen MR) is 81.5 cm³/mol. The third kappa shape index (κ3) is 2.40. The molecule has 2 fully saturated rings. The number of ether oxygens (including phenoxy) is 1. The maximum atomic E-state index is 7.84. The molecule has 0 radical (unpaired) electrons. The van der Waals surface area contributed by atoms with E-state index in [0.717, 1.165) is 36.4 Å². The van der Waals surface area contributed by atoms with Crippen LogP contribution in [0, 0.1) is 12.3 Å². The van der Waals surface area contributed by atoms with Gasteiger partial charge in [0.2, 0.25) is 0 Å². The Labute approximate surface area is 120 Å². The molecule has 108 valence electrons. The molecule has 1 saturated carbocycles. The van der Waals surface area contributed by atoms with Crippen LogP contribution in [0.15, 0.2) is 18.2 Å². The van der Waals surface area contributed by atoms with Crippen molar-refractivity contribution in [3.63, 3.8) is 0 Å². The Morgan fingerprint density at radius 2 is 2.15 bits per heavy atom. The molecule has 0 aromatic heterocycles. The normalized spacial score (nSPS) is 26.1. The number of benzene rings is 1. The average Bonchev–Trinajstić information content (AvgIpc) is 2.46. The van der Waals surface area contributed by atoms with E-state index in [9.17, 15) is 0 Å². The number of morpholine rings is 1. The van der Waals surface area contributed by atoms with Crippen molar-refractivity contribution in [2.45, 2.75) is 44.8 Å². The summed E-state index contributed by atoms with van der Waals surface area (Å²) in [6.45, 7) is 3.70. The van der Waals surface area contributed by atoms with Crippen LogP contribution in [-0.4, -0.2) is 31.1 Å². The van der Waals surface area contributed by atoms with Gasteiger partial charge < -0.3 is 15.4 Å². The summed E-state index contributed by atoms with van der Waals surface area (Å²) in [7, 11) is 0. The van der Waals surface area contributed by atoms with Gasteiger partial charge in [0.05, 0.1) is 18.8 Å². The summed E-state index contributed by atoms with van der Waals surface area (Å²) in [4.78, 5) is 2.42. The lowest BCUT2D eigenvalue weighted by atomic mass is 9.89. The number of hydrogen-bond acceptors (Lipinski definition) is 3. The van der Waals surface area contributed by atoms with Crippen LogP contribution in [0.25, 0.3) is 0 Å². The molecule has 3 rings (SSSR count). The molecule has 1 heterocycles. The molecule has 20 heavy (non-hydrogen) atoms. The quantitative estimate of drug-likeness (QED) is 0.642. The number of nitrogens with two attached hydrogens (primary N) is 1. The van der Waals surface area contributed by atoms with E-state index in [1.165, 1.54) is 19.3 Å². The molecule has 1 aliphatic heterocycles. The zero-order valence-electron chi connectivity index (χ0n) is 12.1. The topological polar surface area (TPSA) is 62.3 Å². The smallest absolute Gasteiger partial charge is 0.124 e. The molecule has 1 aliphatic carbocycles. The minimum Gasteiger partial charge on any atom is -0.384 e. The van der Waals surface area contributed by atoms with Gasteiger partial charge in [-0.05, 0) is 31.9 Å². The van der Waals surface area contributed by atoms with Crippen molar-refractivity contribution in [2.24, 2.45) is 5.73 Å². The third-order valence-corrected chi connectivity index (χ3v) is 4.48. The van der Waals surface area contributed by atoms with E-state index < -0.39 is 0 Å². The van der Waals surface area contributed by atoms with Crippen LogP contribution in [0.5, 0.6) is 0 Å². The van der Waals surface area contributed by atoms with Crippen LogP contribution in [0.3, 0.4) is 0 Å². The molecule has 1 aromatic carbocycles. The van der Waals surface area contributed by atoms with Gasteiger partial charge in [0.1, 0.15) is 5.84 Å². The van der Waals surface area contributed by atoms with E-state index in [-0.39, 0.29) is 5.84 Å². The predicted octanol–water partition coefficient (Wildman–Crippen LogP) is 2.43. The summed E-state index contributed by atoms with van der Waals surface area (Å²) in [5.41, 5.74) is 8.89. The highest BCUT2D eigenvalue weighted by Crippen LogP contribution is 2.33. The van der Waals surface area contributed by atoms with E-state index in [1.54, 1.807) is 0 Å². The minimum atomic E-state index is 0.155. The van der Waals surface area contributed by atoms with Gasteiger partial charge in [-0.15, -0.1) is 0 Å². The van der Waals surface area contributed by atoms with Gasteiger partial charge in [0.15, 0.2) is 0 Å². The summed E-state index contributed by atoms with van der Waals surface area (Å²) in [5, 5.41) is 7.84. The molecule has 2 atom stereocenters. The van der Waals surface area contributed by atoms with Gasteiger partial charge >= 0.3 is 0 Å². The lowest BCUT2D eigenvalue weighted by Crippen LogP contribution is -2.53. The lowest BCUT2D eigenvalue weighted by Gasteiger charge is -2.45. The van der Waals surface area contributed by atoms with Crippen LogP contribution in [0.1, 0.15) is 36.8 Å². The Hall–Kier alpha value is -1.55. The third-order valence-electron chi connectivity index (χ3n) is 4.48. The molecule has 3 N–H and O–H groups in total. The molecule has 1 aromatic rings. The van der Waals surface area contributed by atoms with E-state index in [2.05, 4.69) is 17.0 Å². The fourth-order valence-corrected chi connectivity index (χ4v) is 3.51. The Balaban J connectivity index is 1.96. The number of amidine groups is 1. The first-order chi connectivity index (χ1) is 9.66. The molecular formula is C16H23N3O. The Kier molecular flexibility index (Phi) is 3.66. The summed E-state index contributed by atoms with van der Waals surface area (Å²) < 4.78 is 5.93. The first kappa shape index (κ1) is 13.4. The standard InChI is InChI=1S/C16H23N3O/c1-11-6-7-13(12(10-11)16(17)18)19-8-9-20-15-5-3-2-4-14(15)19/h6-7,10,14-15H,2-5,8-9H2,1H3,(H3,17,18). The van der Waals surface area contributed by atoms with Crippen molar-refractivity contribution in [3.8, 4) is 0 Å². The molecule has 1 saturated heterocycles. The fourth-order valence-electron chi connectivity index (χ4n) is 3.51. The molecule has 0 amide bonds. The second kappa shape index (κ2) is 5.44. The van der Waals surface area contributed by atoms with Gasteiger partial charge in [-0.3, -0.25) is 5.41 Å². The molecular weight excluding hydrogens is 250 g/mol. The largest absolute Gasteiger partial charge is 0.384 e. The number of aryl methyl sites for hydroxylation is 1. The molecule has 4 nitrogen and oxygen atoms in total. The van der Waals surface area contributed by atoms with Crippen LogP contribution >= 0.6 is 0 Å². The van der Waals surface area contributed by atoms with Crippen molar-refractivity contribution in [2.75, 3.05) is 18.1 Å². The van der Waals surface area contributed by atoms with Crippen LogP contribution in [-0.2, 0) is 4.74 Å². The van der Waals surface area contributed by atoms with Gasteiger partial charge in [0.25, 0.3) is 0 Å². The van der Waals surface area contributed by atoms with Gasteiger partial charge in [-0.1, -0.05) is 24.5 Å². The maximum absolute atomic E-state index is 7.84. The SMILES string of the molecule is Cc1ccc(N2CCOC3CCCCC32)c(C(=N)N)c1. The first-order valence-electron chi connectivity index (χ1n) is 7.50. The van der Waals surface area contributed by atoms with Crippen molar-refractivity contribution in [1.82, 2.24) is 0 Å². The Morgan fingerprint density at radius 3 is 2.95 bits per heavy atom. The zero-order chi connectivity index (χ0) is 14.1. The molecule has 0 bridgehead atoms. The lowest BCUT2D eigenvalue weighted by molar-refractivity contribution is -0.00868. The second-order valence-electron chi connectivity index (χ2n) is 5.89. The van der Waals surface area contributed by atoms with Gasteiger partial charge in [0, 0.05) is 17.8 Å². The monoisotopic (exact) mass is 273 g/mol. The highest BCUT2D eigenvalue weighted by atomic mass is 16.5. The van der Waals surface area contributed by atoms with Gasteiger partial charge in [-0.2, -0.15) is 0 Å². The number of nitrogens with one attached hydrogen (secondary N) is 1. The van der Waals surface area contributed by atoms with Crippen molar-refractivity contribution in [1.29, 1.82) is 5.41 Å². The maximum Gasteiger partial charge on any atom is 0.124 e. The van der Waals surface area contributed by atoms with E-state index in [0.29, 0.717) is 12.1 Å². The number of hydrogen-bond donors (Lipinski definition) is 2. The molecule has 4 heteroatoms. The zero-order valence-corrected chi connectivity index (χ0v) is 12.1. The fraction of sp³-hybridized carbons (Fsp3) is 0.562.